The Morgan fingerprint density at radius 1 is 1.15 bits per heavy atom. The molecule has 0 atom stereocenters. The highest BCUT2D eigenvalue weighted by atomic mass is 16.7. The van der Waals surface area contributed by atoms with Crippen LogP contribution >= 0.6 is 0 Å². The van der Waals surface area contributed by atoms with Crippen LogP contribution < -0.4 is 5.56 Å². The van der Waals surface area contributed by atoms with E-state index in [1.807, 2.05) is 37.6 Å². The molecule has 3 aromatic rings. The first-order valence-electron chi connectivity index (χ1n) is 8.94. The molecule has 4 heterocycles. The van der Waals surface area contributed by atoms with Crippen LogP contribution in [0.5, 0.6) is 0 Å². The molecular formula is C19H20N4O3. The number of nitrogens with zero attached hydrogens (tertiary/aromatic N) is 4. The summed E-state index contributed by atoms with van der Waals surface area (Å²) >= 11 is 0. The van der Waals surface area contributed by atoms with Gasteiger partial charge in [-0.2, -0.15) is 5.10 Å². The first-order valence-corrected chi connectivity index (χ1v) is 8.94. The highest BCUT2D eigenvalue weighted by molar-refractivity contribution is 5.83. The van der Waals surface area contributed by atoms with E-state index < -0.39 is 5.79 Å². The number of hydrogen-bond donors (Lipinski definition) is 0. The number of ether oxygens (including phenoxy) is 2. The van der Waals surface area contributed by atoms with E-state index in [4.69, 9.17) is 14.5 Å². The number of benzene rings is 1. The lowest BCUT2D eigenvalue weighted by Gasteiger charge is -2.24. The first kappa shape index (κ1) is 15.7. The van der Waals surface area contributed by atoms with E-state index in [-0.39, 0.29) is 5.56 Å². The molecule has 1 saturated heterocycles. The lowest BCUT2D eigenvalue weighted by Crippen LogP contribution is -2.31. The zero-order chi connectivity index (χ0) is 17.7. The van der Waals surface area contributed by atoms with E-state index in [1.54, 1.807) is 9.25 Å². The van der Waals surface area contributed by atoms with Crippen LogP contribution in [0.1, 0.15) is 18.7 Å². The maximum absolute atomic E-state index is 13.0. The van der Waals surface area contributed by atoms with Gasteiger partial charge in [0, 0.05) is 44.6 Å². The Bertz CT molecular complexity index is 1050. The molecule has 7 nitrogen and oxygen atoms in total. The molecule has 5 rings (SSSR count). The molecule has 0 saturated carbocycles. The summed E-state index contributed by atoms with van der Waals surface area (Å²) in [4.78, 5) is 17.8. The van der Waals surface area contributed by atoms with Crippen LogP contribution in [0.3, 0.4) is 0 Å². The quantitative estimate of drug-likeness (QED) is 0.669. The van der Waals surface area contributed by atoms with E-state index in [0.717, 1.165) is 28.9 Å². The van der Waals surface area contributed by atoms with E-state index in [9.17, 15) is 4.79 Å². The SMILES string of the molecule is Cn1cc(-c2ccc3c(=O)n4c(nc3c2)CCC2(CC4)OCCO2)cn1. The van der Waals surface area contributed by atoms with Gasteiger partial charge in [0.15, 0.2) is 5.79 Å². The van der Waals surface area contributed by atoms with Gasteiger partial charge in [-0.1, -0.05) is 6.07 Å². The van der Waals surface area contributed by atoms with Crippen LogP contribution in [0.15, 0.2) is 35.4 Å². The summed E-state index contributed by atoms with van der Waals surface area (Å²) < 4.78 is 15.2. The second-order valence-electron chi connectivity index (χ2n) is 6.98. The maximum Gasteiger partial charge on any atom is 0.261 e. The smallest absolute Gasteiger partial charge is 0.261 e. The molecule has 0 unspecified atom stereocenters. The Morgan fingerprint density at radius 3 is 2.77 bits per heavy atom. The molecule has 26 heavy (non-hydrogen) atoms. The summed E-state index contributed by atoms with van der Waals surface area (Å²) in [6.07, 6.45) is 5.85. The number of aromatic nitrogens is 4. The molecule has 0 N–H and O–H groups in total. The lowest BCUT2D eigenvalue weighted by molar-refractivity contribution is -0.165. The Labute approximate surface area is 150 Å². The van der Waals surface area contributed by atoms with Gasteiger partial charge in [0.05, 0.1) is 30.3 Å². The van der Waals surface area contributed by atoms with Gasteiger partial charge < -0.3 is 9.47 Å². The largest absolute Gasteiger partial charge is 0.347 e. The zero-order valence-electron chi connectivity index (χ0n) is 14.6. The zero-order valence-corrected chi connectivity index (χ0v) is 14.6. The van der Waals surface area contributed by atoms with E-state index in [0.29, 0.717) is 38.0 Å². The predicted molar refractivity (Wildman–Crippen MR) is 95.8 cm³/mol. The molecule has 0 bridgehead atoms. The van der Waals surface area contributed by atoms with Gasteiger partial charge in [0.2, 0.25) is 0 Å². The van der Waals surface area contributed by atoms with Crippen molar-refractivity contribution >= 4 is 10.9 Å². The Kier molecular flexibility index (Phi) is 3.48. The standard InChI is InChI=1S/C19H20N4O3/c1-22-12-14(11-20-22)13-2-3-15-16(10-13)21-17-4-5-19(25-8-9-26-19)6-7-23(17)18(15)24/h2-3,10-12H,4-9H2,1H3. The van der Waals surface area contributed by atoms with Gasteiger partial charge in [0.25, 0.3) is 5.56 Å². The number of rotatable bonds is 1. The highest BCUT2D eigenvalue weighted by Crippen LogP contribution is 2.32. The molecule has 0 radical (unpaired) electrons. The average molecular weight is 352 g/mol. The molecule has 0 amide bonds. The normalized spacial score (nSPS) is 19.0. The summed E-state index contributed by atoms with van der Waals surface area (Å²) in [6.45, 7) is 1.81. The average Bonchev–Trinajstić information content (AvgIpc) is 3.24. The van der Waals surface area contributed by atoms with Gasteiger partial charge in [-0.25, -0.2) is 4.98 Å². The minimum absolute atomic E-state index is 0.0118. The summed E-state index contributed by atoms with van der Waals surface area (Å²) in [5, 5.41) is 4.86. The summed E-state index contributed by atoms with van der Waals surface area (Å²) in [5.74, 6) is 0.259. The second-order valence-corrected chi connectivity index (χ2v) is 6.98. The van der Waals surface area contributed by atoms with Gasteiger partial charge >= 0.3 is 0 Å². The minimum Gasteiger partial charge on any atom is -0.347 e. The highest BCUT2D eigenvalue weighted by Gasteiger charge is 2.38. The van der Waals surface area contributed by atoms with Crippen LogP contribution in [0, 0.1) is 0 Å². The van der Waals surface area contributed by atoms with Crippen LogP contribution in [-0.4, -0.2) is 38.3 Å². The third-order valence-corrected chi connectivity index (χ3v) is 5.33. The predicted octanol–water partition coefficient (Wildman–Crippen LogP) is 1.88. The van der Waals surface area contributed by atoms with E-state index in [1.165, 1.54) is 0 Å². The van der Waals surface area contributed by atoms with Crippen molar-refractivity contribution in [3.8, 4) is 11.1 Å². The van der Waals surface area contributed by atoms with Crippen LogP contribution in [0.4, 0.5) is 0 Å². The maximum atomic E-state index is 13.0. The van der Waals surface area contributed by atoms with Crippen molar-refractivity contribution in [1.82, 2.24) is 19.3 Å². The van der Waals surface area contributed by atoms with Crippen molar-refractivity contribution in [2.45, 2.75) is 31.6 Å². The van der Waals surface area contributed by atoms with Crippen molar-refractivity contribution in [3.05, 3.63) is 46.8 Å². The fourth-order valence-electron chi connectivity index (χ4n) is 3.93. The van der Waals surface area contributed by atoms with E-state index >= 15 is 0 Å². The molecule has 1 aromatic carbocycles. The second kappa shape index (κ2) is 5.75. The molecule has 1 spiro atoms. The van der Waals surface area contributed by atoms with Gasteiger partial charge in [-0.05, 0) is 17.7 Å². The topological polar surface area (TPSA) is 71.2 Å². The van der Waals surface area contributed by atoms with Gasteiger partial charge in [0.1, 0.15) is 5.82 Å². The van der Waals surface area contributed by atoms with Crippen molar-refractivity contribution in [2.24, 2.45) is 7.05 Å². The fourth-order valence-corrected chi connectivity index (χ4v) is 3.93. The third kappa shape index (κ3) is 2.47. The van der Waals surface area contributed by atoms with Crippen molar-refractivity contribution < 1.29 is 9.47 Å². The van der Waals surface area contributed by atoms with Crippen molar-refractivity contribution in [3.63, 3.8) is 0 Å². The van der Waals surface area contributed by atoms with Crippen molar-refractivity contribution in [1.29, 1.82) is 0 Å². The number of fused-ring (bicyclic) bond motifs is 2. The Morgan fingerprint density at radius 2 is 2.00 bits per heavy atom. The number of hydrogen-bond acceptors (Lipinski definition) is 5. The lowest BCUT2D eigenvalue weighted by atomic mass is 10.1. The Balaban J connectivity index is 1.59. The molecule has 1 fully saturated rings. The van der Waals surface area contributed by atoms with Gasteiger partial charge in [-0.15, -0.1) is 0 Å². The third-order valence-electron chi connectivity index (χ3n) is 5.33. The number of aryl methyl sites for hydroxylation is 2. The minimum atomic E-state index is -0.548. The molecular weight excluding hydrogens is 332 g/mol. The fraction of sp³-hybridized carbons (Fsp3) is 0.421. The Hall–Kier alpha value is -2.51. The van der Waals surface area contributed by atoms with Crippen LogP contribution in [-0.2, 0) is 29.5 Å². The summed E-state index contributed by atoms with van der Waals surface area (Å²) in [5.41, 5.74) is 2.76. The molecule has 7 heteroatoms. The summed E-state index contributed by atoms with van der Waals surface area (Å²) in [7, 11) is 1.89. The monoisotopic (exact) mass is 352 g/mol. The van der Waals surface area contributed by atoms with Crippen LogP contribution in [0.2, 0.25) is 0 Å². The first-order chi connectivity index (χ1) is 12.6. The van der Waals surface area contributed by atoms with E-state index in [2.05, 4.69) is 5.10 Å². The molecule has 134 valence electrons. The summed E-state index contributed by atoms with van der Waals surface area (Å²) in [6, 6.07) is 5.79. The molecule has 0 aliphatic carbocycles. The molecule has 2 aliphatic rings. The molecule has 2 aromatic heterocycles. The van der Waals surface area contributed by atoms with Crippen LogP contribution in [0.25, 0.3) is 22.0 Å². The van der Waals surface area contributed by atoms with Crippen molar-refractivity contribution in [2.75, 3.05) is 13.2 Å². The van der Waals surface area contributed by atoms with Gasteiger partial charge in [-0.3, -0.25) is 14.0 Å². The molecule has 2 aliphatic heterocycles.